The number of aryl methyl sites for hydroxylation is 1. The largest absolute Gasteiger partial charge is 0.497 e. The molecule has 0 aromatic heterocycles. The number of anilines is 1. The number of nitrogen functional groups attached to an aromatic ring is 1. The zero-order valence-corrected chi connectivity index (χ0v) is 12.1. The predicted molar refractivity (Wildman–Crippen MR) is 80.9 cm³/mol. The van der Waals surface area contributed by atoms with Crippen LogP contribution in [-0.4, -0.2) is 12.9 Å². The first kappa shape index (κ1) is 13.5. The number of nitrogens with two attached hydrogens (primary N) is 1. The zero-order chi connectivity index (χ0) is 15.0. The summed E-state index contributed by atoms with van der Waals surface area (Å²) in [6.45, 7) is 1.91. The highest BCUT2D eigenvalue weighted by atomic mass is 16.5. The van der Waals surface area contributed by atoms with Gasteiger partial charge in [0, 0.05) is 0 Å². The molecule has 1 aliphatic heterocycles. The second-order valence-corrected chi connectivity index (χ2v) is 5.24. The lowest BCUT2D eigenvalue weighted by atomic mass is 9.94. The first-order valence-corrected chi connectivity index (χ1v) is 6.82. The fraction of sp³-hybridized carbons (Fsp3) is 0.235. The molecule has 1 unspecified atom stereocenters. The molecule has 2 aromatic rings. The van der Waals surface area contributed by atoms with E-state index in [2.05, 4.69) is 0 Å². The molecule has 4 heteroatoms. The zero-order valence-electron chi connectivity index (χ0n) is 12.1. The van der Waals surface area contributed by atoms with E-state index in [1.807, 2.05) is 43.3 Å². The number of hydrogen-bond donors (Lipinski definition) is 1. The van der Waals surface area contributed by atoms with Crippen molar-refractivity contribution in [2.24, 2.45) is 0 Å². The van der Waals surface area contributed by atoms with Gasteiger partial charge in [0.2, 0.25) is 0 Å². The molecule has 4 nitrogen and oxygen atoms in total. The van der Waals surface area contributed by atoms with Crippen LogP contribution >= 0.6 is 0 Å². The third kappa shape index (κ3) is 2.44. The van der Waals surface area contributed by atoms with Crippen molar-refractivity contribution in [1.82, 2.24) is 0 Å². The molecule has 3 rings (SSSR count). The molecule has 0 bridgehead atoms. The molecule has 2 N–H and O–H groups in total. The average molecular weight is 283 g/mol. The van der Waals surface area contributed by atoms with Crippen molar-refractivity contribution in [3.8, 4) is 11.5 Å². The second-order valence-electron chi connectivity index (χ2n) is 5.24. The van der Waals surface area contributed by atoms with E-state index in [1.165, 1.54) is 0 Å². The summed E-state index contributed by atoms with van der Waals surface area (Å²) in [7, 11) is 1.61. The lowest BCUT2D eigenvalue weighted by molar-refractivity contribution is 0.0851. The molecule has 0 fully saturated rings. The van der Waals surface area contributed by atoms with Crippen molar-refractivity contribution >= 4 is 11.5 Å². The lowest BCUT2D eigenvalue weighted by Crippen LogP contribution is -2.21. The van der Waals surface area contributed by atoms with Gasteiger partial charge in [-0.3, -0.25) is 4.79 Å². The normalized spacial score (nSPS) is 17.0. The Morgan fingerprint density at radius 1 is 1.29 bits per heavy atom. The van der Waals surface area contributed by atoms with Gasteiger partial charge in [0.1, 0.15) is 11.9 Å². The van der Waals surface area contributed by atoms with E-state index in [1.54, 1.807) is 7.11 Å². The molecule has 1 aliphatic rings. The van der Waals surface area contributed by atoms with Crippen LogP contribution in [0.1, 0.15) is 34.0 Å². The maximum atomic E-state index is 12.4. The molecule has 1 atom stereocenters. The van der Waals surface area contributed by atoms with Crippen LogP contribution in [0, 0.1) is 6.92 Å². The van der Waals surface area contributed by atoms with E-state index in [0.29, 0.717) is 23.4 Å². The number of carbonyl (C=O) groups is 1. The first-order chi connectivity index (χ1) is 10.1. The summed E-state index contributed by atoms with van der Waals surface area (Å²) in [5, 5.41) is 0. The van der Waals surface area contributed by atoms with Crippen molar-refractivity contribution < 1.29 is 14.3 Å². The molecular formula is C17H17NO3. The molecule has 21 heavy (non-hydrogen) atoms. The Morgan fingerprint density at radius 3 is 2.86 bits per heavy atom. The quantitative estimate of drug-likeness (QED) is 0.859. The third-order valence-corrected chi connectivity index (χ3v) is 3.66. The van der Waals surface area contributed by atoms with Crippen molar-refractivity contribution in [1.29, 1.82) is 0 Å². The van der Waals surface area contributed by atoms with Gasteiger partial charge in [0.15, 0.2) is 11.5 Å². The average Bonchev–Trinajstić information content (AvgIpc) is 2.48. The Hall–Kier alpha value is -2.49. The van der Waals surface area contributed by atoms with Crippen molar-refractivity contribution in [2.45, 2.75) is 19.4 Å². The highest BCUT2D eigenvalue weighted by molar-refractivity contribution is 6.01. The van der Waals surface area contributed by atoms with E-state index in [9.17, 15) is 4.79 Å². The van der Waals surface area contributed by atoms with E-state index in [0.717, 1.165) is 16.9 Å². The number of benzene rings is 2. The van der Waals surface area contributed by atoms with Crippen LogP contribution in [0.2, 0.25) is 0 Å². The SMILES string of the molecule is COc1cccc(C2CC(=O)c3cc(C)cc(N)c3O2)c1. The second kappa shape index (κ2) is 5.13. The van der Waals surface area contributed by atoms with Gasteiger partial charge in [0.05, 0.1) is 24.8 Å². The highest BCUT2D eigenvalue weighted by Gasteiger charge is 2.29. The minimum Gasteiger partial charge on any atom is -0.497 e. The van der Waals surface area contributed by atoms with Gasteiger partial charge in [-0.2, -0.15) is 0 Å². The van der Waals surface area contributed by atoms with Gasteiger partial charge in [0.25, 0.3) is 0 Å². The van der Waals surface area contributed by atoms with Crippen LogP contribution in [-0.2, 0) is 0 Å². The maximum Gasteiger partial charge on any atom is 0.170 e. The Labute approximate surface area is 123 Å². The van der Waals surface area contributed by atoms with E-state index in [4.69, 9.17) is 15.2 Å². The van der Waals surface area contributed by atoms with Gasteiger partial charge >= 0.3 is 0 Å². The Kier molecular flexibility index (Phi) is 3.29. The maximum absolute atomic E-state index is 12.4. The molecule has 0 aliphatic carbocycles. The Bertz CT molecular complexity index is 709. The van der Waals surface area contributed by atoms with Gasteiger partial charge in [-0.25, -0.2) is 0 Å². The lowest BCUT2D eigenvalue weighted by Gasteiger charge is -2.27. The van der Waals surface area contributed by atoms with Gasteiger partial charge < -0.3 is 15.2 Å². The Balaban J connectivity index is 2.00. The first-order valence-electron chi connectivity index (χ1n) is 6.82. The molecule has 0 saturated carbocycles. The van der Waals surface area contributed by atoms with Crippen LogP contribution in [0.15, 0.2) is 36.4 Å². The van der Waals surface area contributed by atoms with Crippen molar-refractivity contribution in [3.05, 3.63) is 53.1 Å². The van der Waals surface area contributed by atoms with Crippen LogP contribution < -0.4 is 15.2 Å². The van der Waals surface area contributed by atoms with Crippen LogP contribution in [0.3, 0.4) is 0 Å². The van der Waals surface area contributed by atoms with E-state index in [-0.39, 0.29) is 11.9 Å². The molecule has 2 aromatic carbocycles. The molecule has 0 amide bonds. The molecule has 0 saturated heterocycles. The summed E-state index contributed by atoms with van der Waals surface area (Å²) in [4.78, 5) is 12.4. The van der Waals surface area contributed by atoms with E-state index >= 15 is 0 Å². The molecular weight excluding hydrogens is 266 g/mol. The number of hydrogen-bond acceptors (Lipinski definition) is 4. The summed E-state index contributed by atoms with van der Waals surface area (Å²) in [5.74, 6) is 1.29. The Morgan fingerprint density at radius 2 is 2.10 bits per heavy atom. The van der Waals surface area contributed by atoms with Crippen LogP contribution in [0.5, 0.6) is 11.5 Å². The van der Waals surface area contributed by atoms with Gasteiger partial charge in [-0.1, -0.05) is 12.1 Å². The molecule has 1 heterocycles. The monoisotopic (exact) mass is 283 g/mol. The summed E-state index contributed by atoms with van der Waals surface area (Å²) in [6, 6.07) is 11.2. The number of carbonyl (C=O) groups excluding carboxylic acids is 1. The minimum atomic E-state index is -0.329. The molecule has 108 valence electrons. The van der Waals surface area contributed by atoms with Gasteiger partial charge in [-0.05, 0) is 42.3 Å². The number of methoxy groups -OCH3 is 1. The smallest absolute Gasteiger partial charge is 0.170 e. The predicted octanol–water partition coefficient (Wildman–Crippen LogP) is 3.29. The number of ether oxygens (including phenoxy) is 2. The van der Waals surface area contributed by atoms with Crippen molar-refractivity contribution in [2.75, 3.05) is 12.8 Å². The van der Waals surface area contributed by atoms with Crippen molar-refractivity contribution in [3.63, 3.8) is 0 Å². The summed E-state index contributed by atoms with van der Waals surface area (Å²) >= 11 is 0. The fourth-order valence-corrected chi connectivity index (χ4v) is 2.63. The van der Waals surface area contributed by atoms with Crippen LogP contribution in [0.4, 0.5) is 5.69 Å². The number of ketones is 1. The summed E-state index contributed by atoms with van der Waals surface area (Å²) < 4.78 is 11.2. The third-order valence-electron chi connectivity index (χ3n) is 3.66. The number of Topliss-reactive ketones (excluding diaryl/α,β-unsaturated/α-hetero) is 1. The van der Waals surface area contributed by atoms with Crippen LogP contribution in [0.25, 0.3) is 0 Å². The highest BCUT2D eigenvalue weighted by Crippen LogP contribution is 2.39. The fourth-order valence-electron chi connectivity index (χ4n) is 2.63. The minimum absolute atomic E-state index is 0.0551. The molecule has 0 spiro atoms. The van der Waals surface area contributed by atoms with Gasteiger partial charge in [-0.15, -0.1) is 0 Å². The van der Waals surface area contributed by atoms with E-state index < -0.39 is 0 Å². The summed E-state index contributed by atoms with van der Waals surface area (Å²) in [5.41, 5.74) is 8.95. The summed E-state index contributed by atoms with van der Waals surface area (Å²) in [6.07, 6.45) is -0.0200. The number of fused-ring (bicyclic) bond motifs is 1. The number of rotatable bonds is 2. The molecule has 0 radical (unpaired) electrons. The topological polar surface area (TPSA) is 61.5 Å². The standard InChI is InChI=1S/C17H17NO3/c1-10-6-13-15(19)9-16(21-17(13)14(18)7-10)11-4-3-5-12(8-11)20-2/h3-8,16H,9,18H2,1-2H3.